The van der Waals surface area contributed by atoms with Crippen LogP contribution in [0.4, 0.5) is 5.13 Å². The van der Waals surface area contributed by atoms with Crippen molar-refractivity contribution in [2.45, 2.75) is 0 Å². The number of amides is 1. The second-order valence-electron chi connectivity index (χ2n) is 7.21. The van der Waals surface area contributed by atoms with E-state index in [-0.39, 0.29) is 5.91 Å². The van der Waals surface area contributed by atoms with E-state index in [1.54, 1.807) is 39.6 Å². The Morgan fingerprint density at radius 1 is 1.03 bits per heavy atom. The van der Waals surface area contributed by atoms with Gasteiger partial charge in [-0.3, -0.25) is 10.1 Å². The number of aromatic nitrogens is 1. The van der Waals surface area contributed by atoms with Crippen LogP contribution >= 0.6 is 11.3 Å². The van der Waals surface area contributed by atoms with E-state index in [4.69, 9.17) is 23.9 Å². The normalized spacial score (nSPS) is 11.4. The first kappa shape index (κ1) is 25.7. The minimum Gasteiger partial charge on any atom is -0.497 e. The Hall–Kier alpha value is -3.88. The zero-order valence-corrected chi connectivity index (χ0v) is 21.0. The molecule has 182 valence electrons. The number of thiazole rings is 1. The van der Waals surface area contributed by atoms with Gasteiger partial charge in [0.25, 0.3) is 5.91 Å². The number of carbonyl (C=O) groups is 1. The third-order valence-corrected chi connectivity index (χ3v) is 5.96. The quantitative estimate of drug-likeness (QED) is 0.209. The van der Waals surface area contributed by atoms with Gasteiger partial charge in [-0.05, 0) is 29.8 Å². The topological polar surface area (TPSA) is 78.9 Å². The van der Waals surface area contributed by atoms with Crippen LogP contribution < -0.4 is 14.8 Å². The van der Waals surface area contributed by atoms with Crippen molar-refractivity contribution in [1.82, 2.24) is 4.98 Å². The van der Waals surface area contributed by atoms with Gasteiger partial charge in [-0.25, -0.2) is 4.98 Å². The first-order valence-electron chi connectivity index (χ1n) is 10.7. The van der Waals surface area contributed by atoms with Crippen LogP contribution in [0, 0.1) is 0 Å². The largest absolute Gasteiger partial charge is 0.497 e. The number of benzene rings is 2. The molecule has 1 aromatic heterocycles. The maximum absolute atomic E-state index is 13.1. The summed E-state index contributed by atoms with van der Waals surface area (Å²) in [6.07, 6.45) is 4.95. The predicted octanol–water partition coefficient (Wildman–Crippen LogP) is 5.72. The third-order valence-electron chi connectivity index (χ3n) is 4.94. The van der Waals surface area contributed by atoms with Gasteiger partial charge in [0.2, 0.25) is 0 Å². The van der Waals surface area contributed by atoms with Gasteiger partial charge < -0.3 is 18.9 Å². The molecule has 1 heterocycles. The number of nitrogens with zero attached hydrogens (tertiary/aromatic N) is 1. The van der Waals surface area contributed by atoms with Crippen LogP contribution in [0.25, 0.3) is 21.7 Å². The van der Waals surface area contributed by atoms with Crippen molar-refractivity contribution in [3.63, 3.8) is 0 Å². The number of carbonyl (C=O) groups excluding carboxylic acids is 1. The lowest BCUT2D eigenvalue weighted by Crippen LogP contribution is -2.13. The summed E-state index contributed by atoms with van der Waals surface area (Å²) in [6, 6.07) is 15.5. The SMILES string of the molecule is C=C(/C=C(\C=C/COC)C(=O)Nc1nc(-c2ccc(OC)c(OC)c2)c(-c2ccccc2)s1)OC. The molecule has 1 N–H and O–H groups in total. The van der Waals surface area contributed by atoms with Crippen LogP contribution in [0.2, 0.25) is 0 Å². The van der Waals surface area contributed by atoms with Crippen LogP contribution in [0.1, 0.15) is 0 Å². The molecule has 1 amide bonds. The third kappa shape index (κ3) is 6.59. The van der Waals surface area contributed by atoms with Crippen LogP contribution in [0.15, 0.2) is 84.7 Å². The molecule has 2 aromatic carbocycles. The minimum absolute atomic E-state index is 0.345. The van der Waals surface area contributed by atoms with Gasteiger partial charge in [0.1, 0.15) is 5.76 Å². The van der Waals surface area contributed by atoms with Gasteiger partial charge in [-0.1, -0.05) is 60.4 Å². The summed E-state index contributed by atoms with van der Waals surface area (Å²) in [5, 5.41) is 3.36. The predicted molar refractivity (Wildman–Crippen MR) is 140 cm³/mol. The molecular weight excluding hydrogens is 464 g/mol. The molecule has 3 aromatic rings. The molecule has 0 bridgehead atoms. The monoisotopic (exact) mass is 492 g/mol. The molecule has 0 radical (unpaired) electrons. The molecule has 0 aliphatic heterocycles. The molecule has 0 atom stereocenters. The van der Waals surface area contributed by atoms with Gasteiger partial charge >= 0.3 is 0 Å². The zero-order valence-electron chi connectivity index (χ0n) is 20.2. The smallest absolute Gasteiger partial charge is 0.257 e. The Labute approximate surface area is 209 Å². The summed E-state index contributed by atoms with van der Waals surface area (Å²) >= 11 is 1.38. The van der Waals surface area contributed by atoms with E-state index in [0.717, 1.165) is 21.7 Å². The van der Waals surface area contributed by atoms with E-state index in [0.29, 0.717) is 34.6 Å². The first-order chi connectivity index (χ1) is 17.0. The van der Waals surface area contributed by atoms with E-state index in [9.17, 15) is 4.79 Å². The van der Waals surface area contributed by atoms with E-state index < -0.39 is 0 Å². The van der Waals surface area contributed by atoms with Gasteiger partial charge in [-0.2, -0.15) is 0 Å². The molecule has 7 nitrogen and oxygen atoms in total. The molecule has 8 heteroatoms. The van der Waals surface area contributed by atoms with Crippen molar-refractivity contribution < 1.29 is 23.7 Å². The van der Waals surface area contributed by atoms with Crippen LogP contribution in [0.3, 0.4) is 0 Å². The summed E-state index contributed by atoms with van der Waals surface area (Å²) in [7, 11) is 6.26. The van der Waals surface area contributed by atoms with Gasteiger partial charge in [0.05, 0.1) is 38.5 Å². The zero-order chi connectivity index (χ0) is 25.2. The average molecular weight is 493 g/mol. The fourth-order valence-corrected chi connectivity index (χ4v) is 4.19. The molecule has 0 saturated heterocycles. The molecule has 0 saturated carbocycles. The summed E-state index contributed by atoms with van der Waals surface area (Å²) < 4.78 is 21.0. The number of anilines is 1. The molecule has 0 aliphatic carbocycles. The lowest BCUT2D eigenvalue weighted by molar-refractivity contribution is -0.112. The Morgan fingerprint density at radius 3 is 2.43 bits per heavy atom. The average Bonchev–Trinajstić information content (AvgIpc) is 3.31. The Kier molecular flexibility index (Phi) is 9.23. The van der Waals surface area contributed by atoms with E-state index in [1.165, 1.54) is 18.4 Å². The molecule has 0 spiro atoms. The fraction of sp³-hybridized carbons (Fsp3) is 0.185. The number of methoxy groups -OCH3 is 4. The number of allylic oxidation sites excluding steroid dienone is 1. The van der Waals surface area contributed by atoms with E-state index in [1.807, 2.05) is 48.5 Å². The highest BCUT2D eigenvalue weighted by Crippen LogP contribution is 2.41. The summed E-state index contributed by atoms with van der Waals surface area (Å²) in [5.41, 5.74) is 2.90. The van der Waals surface area contributed by atoms with Crippen molar-refractivity contribution in [2.24, 2.45) is 0 Å². The van der Waals surface area contributed by atoms with Crippen LogP contribution in [-0.4, -0.2) is 45.9 Å². The highest BCUT2D eigenvalue weighted by atomic mass is 32.1. The molecule has 0 fully saturated rings. The lowest BCUT2D eigenvalue weighted by Gasteiger charge is -2.09. The second-order valence-corrected chi connectivity index (χ2v) is 8.21. The second kappa shape index (κ2) is 12.5. The number of nitrogens with one attached hydrogen (secondary N) is 1. The van der Waals surface area contributed by atoms with Crippen LogP contribution in [-0.2, 0) is 14.3 Å². The Morgan fingerprint density at radius 2 is 1.77 bits per heavy atom. The summed E-state index contributed by atoms with van der Waals surface area (Å²) in [4.78, 5) is 18.8. The first-order valence-corrected chi connectivity index (χ1v) is 11.5. The van der Waals surface area contributed by atoms with Crippen molar-refractivity contribution >= 4 is 22.4 Å². The standard InChI is InChI=1S/C27H28N2O5S/c1-18(32-3)16-21(12-9-15-31-2)26(30)29-27-28-24(25(35-27)19-10-7-6-8-11-19)20-13-14-22(33-4)23(17-20)34-5/h6-14,16-17H,1,15H2,2-5H3,(H,28,29,30)/b12-9-,21-16+. The number of hydrogen-bond donors (Lipinski definition) is 1. The van der Waals surface area contributed by atoms with E-state index in [2.05, 4.69) is 11.9 Å². The summed E-state index contributed by atoms with van der Waals surface area (Å²) in [6.45, 7) is 4.14. The van der Waals surface area contributed by atoms with Gasteiger partial charge in [0, 0.05) is 18.2 Å². The van der Waals surface area contributed by atoms with E-state index >= 15 is 0 Å². The molecule has 3 rings (SSSR count). The molecular formula is C27H28N2O5S. The maximum atomic E-state index is 13.1. The minimum atomic E-state index is -0.345. The Bertz CT molecular complexity index is 1230. The van der Waals surface area contributed by atoms with Crippen molar-refractivity contribution in [2.75, 3.05) is 40.4 Å². The highest BCUT2D eigenvalue weighted by molar-refractivity contribution is 7.19. The van der Waals surface area contributed by atoms with Crippen molar-refractivity contribution in [1.29, 1.82) is 0 Å². The summed E-state index contributed by atoms with van der Waals surface area (Å²) in [5.74, 6) is 1.22. The number of hydrogen-bond acceptors (Lipinski definition) is 7. The molecule has 35 heavy (non-hydrogen) atoms. The number of rotatable bonds is 11. The lowest BCUT2D eigenvalue weighted by atomic mass is 10.1. The number of ether oxygens (including phenoxy) is 4. The highest BCUT2D eigenvalue weighted by Gasteiger charge is 2.19. The van der Waals surface area contributed by atoms with Gasteiger partial charge in [-0.15, -0.1) is 0 Å². The van der Waals surface area contributed by atoms with Crippen molar-refractivity contribution in [3.05, 3.63) is 84.7 Å². The van der Waals surface area contributed by atoms with Gasteiger partial charge in [0.15, 0.2) is 16.6 Å². The maximum Gasteiger partial charge on any atom is 0.257 e. The molecule has 0 unspecified atom stereocenters. The fourth-order valence-electron chi connectivity index (χ4n) is 3.20. The Balaban J connectivity index is 2.02. The molecule has 0 aliphatic rings. The van der Waals surface area contributed by atoms with Crippen molar-refractivity contribution in [3.8, 4) is 33.2 Å². The van der Waals surface area contributed by atoms with Crippen LogP contribution in [0.5, 0.6) is 11.5 Å².